The molecule has 0 unspecified atom stereocenters. The highest BCUT2D eigenvalue weighted by molar-refractivity contribution is 7.90. The monoisotopic (exact) mass is 1020 g/mol. The number of aliphatic hydroxyl groups excluding tert-OH is 2. The number of fused-ring (bicyclic) bond motifs is 3. The van der Waals surface area contributed by atoms with Gasteiger partial charge in [0.15, 0.2) is 5.78 Å². The highest BCUT2D eigenvalue weighted by Gasteiger charge is 2.53. The Morgan fingerprint density at radius 1 is 0.817 bits per heavy atom. The molecule has 5 aliphatic rings. The van der Waals surface area contributed by atoms with Crippen LogP contribution in [0.3, 0.4) is 0 Å². The molecule has 0 aromatic carbocycles. The molecule has 15 atom stereocenters. The third-order valence-corrected chi connectivity index (χ3v) is 18.3. The van der Waals surface area contributed by atoms with Crippen LogP contribution in [0.5, 0.6) is 0 Å². The van der Waals surface area contributed by atoms with Crippen LogP contribution in [0, 0.1) is 35.5 Å². The number of nitrogens with one attached hydrogen (secondary N) is 1. The zero-order valence-electron chi connectivity index (χ0n) is 44.1. The summed E-state index contributed by atoms with van der Waals surface area (Å²) < 4.78 is 54.4. The van der Waals surface area contributed by atoms with Gasteiger partial charge in [-0.3, -0.25) is 14.4 Å². The predicted octanol–water partition coefficient (Wildman–Crippen LogP) is 7.22. The summed E-state index contributed by atoms with van der Waals surface area (Å²) in [4.78, 5) is 58.4. The van der Waals surface area contributed by atoms with Crippen LogP contribution in [0.4, 0.5) is 0 Å². The molecule has 2 saturated heterocycles. The first-order chi connectivity index (χ1) is 33.6. The number of ketones is 2. The molecule has 402 valence electrons. The van der Waals surface area contributed by atoms with Gasteiger partial charge in [-0.05, 0) is 139 Å². The summed E-state index contributed by atoms with van der Waals surface area (Å²) in [7, 11) is -0.732. The lowest BCUT2D eigenvalue weighted by Crippen LogP contribution is -2.61. The Labute approximate surface area is 424 Å². The van der Waals surface area contributed by atoms with E-state index >= 15 is 0 Å². The number of ether oxygens (including phenoxy) is 4. The summed E-state index contributed by atoms with van der Waals surface area (Å²) >= 11 is 0. The van der Waals surface area contributed by atoms with Crippen LogP contribution >= 0.6 is 0 Å². The van der Waals surface area contributed by atoms with E-state index in [2.05, 4.69) is 4.72 Å². The molecule has 0 radical (unpaired) electrons. The fraction of sp³-hybridized carbons (Fsp3) is 0.782. The number of sulfonamides is 1. The second-order valence-corrected chi connectivity index (χ2v) is 24.1. The SMILES string of the molecule is CO[C@@H]1C[C@H](C[C@@H](C)[C@@H]2CC[C@H](C)/C=C(\C)[C@@H](O)[C@@H](OC)C(=O)[C@H](C)C[C@H](C)/C=C/C=C/C=C(\C)[C@@H](NS(=O)(=O)C3CCCC3)C[C@@H]3CC[C@@H](C)[C@@](O)(O3)C(=O)C(=O)N3CCCC[C@H]3C(=O)O2)CC[C@H]1O. The molecule has 15 nitrogen and oxygen atoms in total. The molecular weight excluding hydrogens is 929 g/mol. The van der Waals surface area contributed by atoms with Crippen molar-refractivity contribution in [1.29, 1.82) is 0 Å². The molecule has 0 aromatic heterocycles. The summed E-state index contributed by atoms with van der Waals surface area (Å²) in [6.45, 7) is 13.2. The summed E-state index contributed by atoms with van der Waals surface area (Å²) in [5.41, 5.74) is 1.27. The van der Waals surface area contributed by atoms with E-state index < -0.39 is 93.2 Å². The van der Waals surface area contributed by atoms with Crippen molar-refractivity contribution in [2.24, 2.45) is 35.5 Å². The molecule has 3 aliphatic heterocycles. The predicted molar refractivity (Wildman–Crippen MR) is 272 cm³/mol. The van der Waals surface area contributed by atoms with Crippen molar-refractivity contribution in [2.75, 3.05) is 20.8 Å². The summed E-state index contributed by atoms with van der Waals surface area (Å²) in [5.74, 6) is -6.79. The first-order valence-corrected chi connectivity index (χ1v) is 28.3. The minimum absolute atomic E-state index is 0.00696. The Hall–Kier alpha value is -3.09. The molecule has 3 heterocycles. The normalized spacial score (nSPS) is 39.6. The minimum Gasteiger partial charge on any atom is -0.461 e. The highest BCUT2D eigenvalue weighted by Crippen LogP contribution is 2.38. The Morgan fingerprint density at radius 2 is 1.52 bits per heavy atom. The lowest BCUT2D eigenvalue weighted by molar-refractivity contribution is -0.264. The van der Waals surface area contributed by atoms with Gasteiger partial charge >= 0.3 is 5.97 Å². The number of hydrogen-bond acceptors (Lipinski definition) is 13. The average Bonchev–Trinajstić information content (AvgIpc) is 3.90. The van der Waals surface area contributed by atoms with E-state index in [-0.39, 0.29) is 54.9 Å². The molecule has 0 spiro atoms. The number of hydrogen-bond donors (Lipinski definition) is 4. The quantitative estimate of drug-likeness (QED) is 0.108. The molecule has 16 heteroatoms. The summed E-state index contributed by atoms with van der Waals surface area (Å²) in [6, 6.07) is -1.83. The van der Waals surface area contributed by atoms with Gasteiger partial charge in [0.1, 0.15) is 24.4 Å². The topological polar surface area (TPSA) is 215 Å². The number of allylic oxidation sites excluding steroid dienone is 6. The van der Waals surface area contributed by atoms with Gasteiger partial charge < -0.3 is 39.2 Å². The number of cyclic esters (lactones) is 1. The number of carbonyl (C=O) groups is 4. The van der Waals surface area contributed by atoms with Crippen LogP contribution in [0.25, 0.3) is 0 Å². The van der Waals surface area contributed by atoms with Gasteiger partial charge in [-0.25, -0.2) is 17.9 Å². The smallest absolute Gasteiger partial charge is 0.329 e. The molecule has 2 bridgehead atoms. The lowest BCUT2D eigenvalue weighted by atomic mass is 9.78. The Bertz CT molecular complexity index is 2030. The second kappa shape index (κ2) is 26.9. The van der Waals surface area contributed by atoms with Gasteiger partial charge in [0, 0.05) is 38.6 Å². The third kappa shape index (κ3) is 15.7. The number of carbonyl (C=O) groups excluding carboxylic acids is 4. The van der Waals surface area contributed by atoms with Crippen molar-refractivity contribution in [2.45, 2.75) is 217 Å². The van der Waals surface area contributed by atoms with Gasteiger partial charge in [0.05, 0.1) is 23.6 Å². The summed E-state index contributed by atoms with van der Waals surface area (Å²) in [5, 5.41) is 33.7. The minimum atomic E-state index is -3.76. The molecule has 2 saturated carbocycles. The maximum Gasteiger partial charge on any atom is 0.329 e. The zero-order valence-corrected chi connectivity index (χ0v) is 44.9. The van der Waals surface area contributed by atoms with Gasteiger partial charge in [0.2, 0.25) is 15.8 Å². The van der Waals surface area contributed by atoms with Crippen LogP contribution in [0.1, 0.15) is 158 Å². The van der Waals surface area contributed by atoms with Gasteiger partial charge in [-0.1, -0.05) is 89.5 Å². The fourth-order valence-corrected chi connectivity index (χ4v) is 13.5. The average molecular weight is 1020 g/mol. The fourth-order valence-electron chi connectivity index (χ4n) is 11.7. The molecule has 1 amide bonds. The van der Waals surface area contributed by atoms with Crippen LogP contribution in [-0.4, -0.2) is 133 Å². The third-order valence-electron chi connectivity index (χ3n) is 16.3. The number of methoxy groups -OCH3 is 2. The molecule has 2 aliphatic carbocycles. The number of amides is 1. The van der Waals surface area contributed by atoms with Gasteiger partial charge in [-0.2, -0.15) is 0 Å². The van der Waals surface area contributed by atoms with Crippen molar-refractivity contribution in [3.05, 3.63) is 47.6 Å². The maximum absolute atomic E-state index is 14.5. The second-order valence-electron chi connectivity index (χ2n) is 22.1. The standard InChI is InChI=1S/C55H88N2O13S/c1-34-17-11-10-12-18-36(3)44(56-71(65,66)43-19-13-14-20-43)33-42-25-23-40(7)55(64,70-42)52(61)53(62)57-28-16-15-21-45(57)54(63)69-47(37(4)31-41-24-26-46(58)48(32-41)67-8)27-22-35(2)30-39(6)50(60)51(68-9)49(59)38(5)29-34/h10-12,17-18,30,34-35,37-38,40-48,50-51,56,58,60,64H,13-16,19-29,31-33H2,1-9H3/b12-10+,17-11+,36-18+,39-30+/t34-,35+,37-,38-,40-,41+,42+,44+,45+,46-,47+,48-,50-,51+,55-/m1/s1. The molecule has 4 N–H and O–H groups in total. The number of aliphatic hydroxyl groups is 3. The molecule has 5 rings (SSSR count). The van der Waals surface area contributed by atoms with E-state index in [0.29, 0.717) is 88.2 Å². The van der Waals surface area contributed by atoms with Gasteiger partial charge in [0.25, 0.3) is 11.7 Å². The Balaban J connectivity index is 1.48. The zero-order chi connectivity index (χ0) is 52.2. The van der Waals surface area contributed by atoms with E-state index in [0.717, 1.165) is 19.3 Å². The molecular formula is C55H88N2O13S. The molecule has 71 heavy (non-hydrogen) atoms. The maximum atomic E-state index is 14.5. The van der Waals surface area contributed by atoms with Crippen LogP contribution in [0.2, 0.25) is 0 Å². The van der Waals surface area contributed by atoms with E-state index in [1.165, 1.54) is 12.0 Å². The van der Waals surface area contributed by atoms with Crippen molar-refractivity contribution >= 4 is 33.5 Å². The van der Waals surface area contributed by atoms with Crippen molar-refractivity contribution < 1.29 is 61.9 Å². The molecule has 0 aromatic rings. The number of rotatable bonds is 8. The van der Waals surface area contributed by atoms with Crippen LogP contribution in [0.15, 0.2) is 47.6 Å². The van der Waals surface area contributed by atoms with Gasteiger partial charge in [-0.15, -0.1) is 0 Å². The van der Waals surface area contributed by atoms with Crippen LogP contribution < -0.4 is 4.72 Å². The first kappa shape index (κ1) is 58.8. The molecule has 4 fully saturated rings. The number of Topliss-reactive ketones (excluding diaryl/α,β-unsaturated/α-hetero) is 2. The van der Waals surface area contributed by atoms with Crippen molar-refractivity contribution in [3.8, 4) is 0 Å². The number of piperidine rings is 1. The van der Waals surface area contributed by atoms with E-state index in [1.807, 2.05) is 65.0 Å². The summed E-state index contributed by atoms with van der Waals surface area (Å²) in [6.07, 6.45) is 16.0. The largest absolute Gasteiger partial charge is 0.461 e. The number of esters is 1. The van der Waals surface area contributed by atoms with E-state index in [9.17, 15) is 42.9 Å². The van der Waals surface area contributed by atoms with Crippen molar-refractivity contribution in [3.63, 3.8) is 0 Å². The van der Waals surface area contributed by atoms with E-state index in [1.54, 1.807) is 27.0 Å². The highest BCUT2D eigenvalue weighted by atomic mass is 32.2. The van der Waals surface area contributed by atoms with Crippen LogP contribution in [-0.2, 0) is 48.1 Å². The number of nitrogens with zero attached hydrogens (tertiary/aromatic N) is 1. The first-order valence-electron chi connectivity index (χ1n) is 26.7. The van der Waals surface area contributed by atoms with E-state index in [4.69, 9.17) is 18.9 Å². The Morgan fingerprint density at radius 3 is 2.21 bits per heavy atom. The lowest BCUT2D eigenvalue weighted by Gasteiger charge is -2.43. The Kier molecular flexibility index (Phi) is 22.3. The van der Waals surface area contributed by atoms with Crippen molar-refractivity contribution in [1.82, 2.24) is 9.62 Å².